The first-order valence-corrected chi connectivity index (χ1v) is 4.82. The smallest absolute Gasteiger partial charge is 0.407 e. The molecule has 4 nitrogen and oxygen atoms in total. The lowest BCUT2D eigenvalue weighted by Gasteiger charge is -2.26. The molecule has 0 aromatic rings. The topological polar surface area (TPSA) is 60.8 Å². The van der Waals surface area contributed by atoms with Crippen LogP contribution in [0, 0.1) is 0 Å². The van der Waals surface area contributed by atoms with Gasteiger partial charge >= 0.3 is 6.09 Å². The molecule has 2 atom stereocenters. The average molecular weight is 187 g/mol. The van der Waals surface area contributed by atoms with Crippen molar-refractivity contribution in [1.29, 1.82) is 0 Å². The van der Waals surface area contributed by atoms with Crippen LogP contribution in [0.15, 0.2) is 0 Å². The molecular formula is C9H17NO3. The normalized spacial score (nSPS) is 29.8. The lowest BCUT2D eigenvalue weighted by atomic mass is 10.1. The number of aliphatic hydroxyl groups excluding tert-OH is 1. The molecule has 1 aliphatic heterocycles. The minimum atomic E-state index is -0.860. The number of rotatable bonds is 1. The van der Waals surface area contributed by atoms with Crippen molar-refractivity contribution in [2.75, 3.05) is 6.54 Å². The van der Waals surface area contributed by atoms with E-state index < -0.39 is 6.09 Å². The van der Waals surface area contributed by atoms with Crippen molar-refractivity contribution < 1.29 is 15.0 Å². The zero-order valence-corrected chi connectivity index (χ0v) is 7.94. The van der Waals surface area contributed by atoms with E-state index in [1.54, 1.807) is 0 Å². The first kappa shape index (κ1) is 10.3. The van der Waals surface area contributed by atoms with Gasteiger partial charge < -0.3 is 15.1 Å². The molecule has 1 rings (SSSR count). The lowest BCUT2D eigenvalue weighted by molar-refractivity contribution is 0.106. The van der Waals surface area contributed by atoms with Gasteiger partial charge in [-0.15, -0.1) is 0 Å². The maximum Gasteiger partial charge on any atom is 0.407 e. The Morgan fingerprint density at radius 3 is 2.85 bits per heavy atom. The van der Waals surface area contributed by atoms with Crippen molar-refractivity contribution in [2.45, 2.75) is 44.8 Å². The van der Waals surface area contributed by atoms with Crippen molar-refractivity contribution in [3.8, 4) is 0 Å². The maximum atomic E-state index is 10.8. The Balaban J connectivity index is 2.64. The van der Waals surface area contributed by atoms with Crippen LogP contribution in [-0.2, 0) is 0 Å². The second kappa shape index (κ2) is 4.46. The van der Waals surface area contributed by atoms with Crippen LogP contribution in [0.5, 0.6) is 0 Å². The van der Waals surface area contributed by atoms with Crippen LogP contribution in [0.1, 0.15) is 32.6 Å². The molecule has 0 aromatic heterocycles. The molecule has 0 aliphatic carbocycles. The molecule has 1 fully saturated rings. The maximum absolute atomic E-state index is 10.8. The predicted octanol–water partition coefficient (Wildman–Crippen LogP) is 1.29. The van der Waals surface area contributed by atoms with Crippen LogP contribution in [0.3, 0.4) is 0 Å². The molecule has 1 heterocycles. The van der Waals surface area contributed by atoms with Crippen molar-refractivity contribution in [2.24, 2.45) is 0 Å². The van der Waals surface area contributed by atoms with Gasteiger partial charge in [-0.25, -0.2) is 4.79 Å². The summed E-state index contributed by atoms with van der Waals surface area (Å²) in [4.78, 5) is 12.3. The van der Waals surface area contributed by atoms with Gasteiger partial charge in [-0.3, -0.25) is 0 Å². The van der Waals surface area contributed by atoms with Crippen LogP contribution < -0.4 is 0 Å². The van der Waals surface area contributed by atoms with Crippen LogP contribution in [0.4, 0.5) is 4.79 Å². The van der Waals surface area contributed by atoms with Gasteiger partial charge in [-0.1, -0.05) is 6.92 Å². The monoisotopic (exact) mass is 187 g/mol. The van der Waals surface area contributed by atoms with Gasteiger partial charge in [0.15, 0.2) is 0 Å². The van der Waals surface area contributed by atoms with E-state index in [1.807, 2.05) is 6.92 Å². The van der Waals surface area contributed by atoms with E-state index in [9.17, 15) is 9.90 Å². The lowest BCUT2D eigenvalue weighted by Crippen LogP contribution is -2.39. The minimum Gasteiger partial charge on any atom is -0.465 e. The van der Waals surface area contributed by atoms with E-state index in [2.05, 4.69) is 0 Å². The third-order valence-corrected chi connectivity index (χ3v) is 2.64. The van der Waals surface area contributed by atoms with E-state index in [1.165, 1.54) is 4.90 Å². The largest absolute Gasteiger partial charge is 0.465 e. The number of carbonyl (C=O) groups is 1. The Morgan fingerprint density at radius 2 is 2.31 bits per heavy atom. The summed E-state index contributed by atoms with van der Waals surface area (Å²) in [6, 6.07) is -0.00463. The number of aliphatic hydroxyl groups is 1. The van der Waals surface area contributed by atoms with Gasteiger partial charge in [0.1, 0.15) is 0 Å². The van der Waals surface area contributed by atoms with Crippen LogP contribution in [-0.4, -0.2) is 39.9 Å². The van der Waals surface area contributed by atoms with Gasteiger partial charge in [0, 0.05) is 12.6 Å². The van der Waals surface area contributed by atoms with Gasteiger partial charge in [0.2, 0.25) is 0 Å². The molecule has 1 amide bonds. The number of hydrogen-bond acceptors (Lipinski definition) is 2. The Bertz CT molecular complexity index is 184. The Hall–Kier alpha value is -0.770. The number of likely N-dealkylation sites (tertiary alicyclic amines) is 1. The third-order valence-electron chi connectivity index (χ3n) is 2.64. The molecule has 0 radical (unpaired) electrons. The summed E-state index contributed by atoms with van der Waals surface area (Å²) in [6.07, 6.45) is 1.67. The Kier molecular flexibility index (Phi) is 3.54. The van der Waals surface area contributed by atoms with E-state index in [0.29, 0.717) is 13.0 Å². The quantitative estimate of drug-likeness (QED) is 0.650. The van der Waals surface area contributed by atoms with Gasteiger partial charge in [-0.2, -0.15) is 0 Å². The van der Waals surface area contributed by atoms with Gasteiger partial charge in [0.25, 0.3) is 0 Å². The summed E-state index contributed by atoms with van der Waals surface area (Å²) < 4.78 is 0. The molecule has 76 valence electrons. The van der Waals surface area contributed by atoms with Gasteiger partial charge in [-0.05, 0) is 25.7 Å². The Labute approximate surface area is 78.2 Å². The van der Waals surface area contributed by atoms with Gasteiger partial charge in [0.05, 0.1) is 6.10 Å². The Morgan fingerprint density at radius 1 is 1.62 bits per heavy atom. The van der Waals surface area contributed by atoms with Crippen molar-refractivity contribution in [3.05, 3.63) is 0 Å². The zero-order chi connectivity index (χ0) is 9.84. The molecule has 1 saturated heterocycles. The standard InChI is InChI=1S/C9H17NO3/c1-2-7-6-8(11)4-3-5-10(7)9(12)13/h7-8,11H,2-6H2,1H3,(H,12,13). The van der Waals surface area contributed by atoms with E-state index in [0.717, 1.165) is 19.3 Å². The summed E-state index contributed by atoms with van der Waals surface area (Å²) in [5, 5.41) is 18.4. The summed E-state index contributed by atoms with van der Waals surface area (Å²) in [7, 11) is 0. The SMILES string of the molecule is CCC1CC(O)CCCN1C(=O)O. The predicted molar refractivity (Wildman–Crippen MR) is 48.7 cm³/mol. The molecule has 13 heavy (non-hydrogen) atoms. The highest BCUT2D eigenvalue weighted by Crippen LogP contribution is 2.19. The summed E-state index contributed by atoms with van der Waals surface area (Å²) >= 11 is 0. The number of nitrogens with zero attached hydrogens (tertiary/aromatic N) is 1. The van der Waals surface area contributed by atoms with Crippen LogP contribution >= 0.6 is 0 Å². The van der Waals surface area contributed by atoms with Crippen molar-refractivity contribution in [3.63, 3.8) is 0 Å². The summed E-state index contributed by atoms with van der Waals surface area (Å²) in [5.41, 5.74) is 0. The zero-order valence-electron chi connectivity index (χ0n) is 7.94. The summed E-state index contributed by atoms with van der Waals surface area (Å²) in [5.74, 6) is 0. The minimum absolute atomic E-state index is 0.00463. The van der Waals surface area contributed by atoms with Crippen LogP contribution in [0.2, 0.25) is 0 Å². The average Bonchev–Trinajstić information content (AvgIpc) is 2.26. The second-order valence-corrected chi connectivity index (χ2v) is 3.57. The number of hydrogen-bond donors (Lipinski definition) is 2. The van der Waals surface area contributed by atoms with E-state index in [4.69, 9.17) is 5.11 Å². The molecule has 0 saturated carbocycles. The molecule has 1 aliphatic rings. The molecule has 2 unspecified atom stereocenters. The van der Waals surface area contributed by atoms with Crippen LogP contribution in [0.25, 0.3) is 0 Å². The fourth-order valence-electron chi connectivity index (χ4n) is 1.88. The third kappa shape index (κ3) is 2.59. The number of carboxylic acid groups (broad SMARTS) is 1. The van der Waals surface area contributed by atoms with E-state index in [-0.39, 0.29) is 12.1 Å². The first-order valence-electron chi connectivity index (χ1n) is 4.82. The molecule has 2 N–H and O–H groups in total. The highest BCUT2D eigenvalue weighted by molar-refractivity contribution is 5.65. The fraction of sp³-hybridized carbons (Fsp3) is 0.889. The molecule has 0 bridgehead atoms. The van der Waals surface area contributed by atoms with E-state index >= 15 is 0 Å². The molecule has 4 heteroatoms. The fourth-order valence-corrected chi connectivity index (χ4v) is 1.88. The highest BCUT2D eigenvalue weighted by Gasteiger charge is 2.26. The highest BCUT2D eigenvalue weighted by atomic mass is 16.4. The van der Waals surface area contributed by atoms with Crippen molar-refractivity contribution >= 4 is 6.09 Å². The molecule has 0 spiro atoms. The van der Waals surface area contributed by atoms with Crippen molar-refractivity contribution in [1.82, 2.24) is 4.90 Å². The summed E-state index contributed by atoms with van der Waals surface area (Å²) in [6.45, 7) is 2.52. The molecular weight excluding hydrogens is 170 g/mol. The number of amides is 1. The second-order valence-electron chi connectivity index (χ2n) is 3.57. The first-order chi connectivity index (χ1) is 6.15. The molecule has 0 aromatic carbocycles.